The number of benzene rings is 1. The molecule has 1 N–H and O–H groups in total. The first kappa shape index (κ1) is 19.5. The number of likely N-dealkylation sites (N-methyl/N-ethyl adjacent to an activating group) is 1. The molecule has 2 fully saturated rings. The molecule has 2 heterocycles. The lowest BCUT2D eigenvalue weighted by Gasteiger charge is -2.38. The van der Waals surface area contributed by atoms with Gasteiger partial charge in [-0.25, -0.2) is 0 Å². The van der Waals surface area contributed by atoms with E-state index in [2.05, 4.69) is 26.8 Å². The summed E-state index contributed by atoms with van der Waals surface area (Å²) in [4.78, 5) is 18.1. The van der Waals surface area contributed by atoms with Gasteiger partial charge in [-0.15, -0.1) is 0 Å². The summed E-state index contributed by atoms with van der Waals surface area (Å²) in [6.07, 6.45) is 4.55. The molecule has 5 nitrogen and oxygen atoms in total. The highest BCUT2D eigenvalue weighted by atomic mass is 35.5. The second kappa shape index (κ2) is 9.07. The summed E-state index contributed by atoms with van der Waals surface area (Å²) in [6, 6.07) is 6.62. The minimum atomic E-state index is -0.736. The summed E-state index contributed by atoms with van der Waals surface area (Å²) in [5.41, 5.74) is 2.53. The van der Waals surface area contributed by atoms with Crippen molar-refractivity contribution in [3.63, 3.8) is 0 Å². The van der Waals surface area contributed by atoms with Crippen LogP contribution in [0.4, 0.5) is 5.69 Å². The first-order valence-electron chi connectivity index (χ1n) is 9.79. The van der Waals surface area contributed by atoms with E-state index in [-0.39, 0.29) is 6.54 Å². The molecule has 3 rings (SSSR count). The van der Waals surface area contributed by atoms with Crippen molar-refractivity contribution in [3.8, 4) is 0 Å². The van der Waals surface area contributed by atoms with Crippen molar-refractivity contribution in [2.24, 2.45) is 0 Å². The Morgan fingerprint density at radius 2 is 1.92 bits per heavy atom. The number of aliphatic carboxylic acids is 1. The zero-order chi connectivity index (χ0) is 18.5. The van der Waals surface area contributed by atoms with Crippen LogP contribution in [0.15, 0.2) is 18.2 Å². The lowest BCUT2D eigenvalue weighted by Crippen LogP contribution is -2.46. The Morgan fingerprint density at radius 3 is 2.54 bits per heavy atom. The Morgan fingerprint density at radius 1 is 1.23 bits per heavy atom. The van der Waals surface area contributed by atoms with Crippen molar-refractivity contribution in [3.05, 3.63) is 28.8 Å². The lowest BCUT2D eigenvalue weighted by molar-refractivity contribution is -0.139. The van der Waals surface area contributed by atoms with Gasteiger partial charge in [-0.2, -0.15) is 0 Å². The maximum absolute atomic E-state index is 11.0. The summed E-state index contributed by atoms with van der Waals surface area (Å²) in [7, 11) is 0. The molecular weight excluding hydrogens is 350 g/mol. The third-order valence-corrected chi connectivity index (χ3v) is 6.09. The number of anilines is 1. The molecule has 1 aromatic carbocycles. The van der Waals surface area contributed by atoms with Gasteiger partial charge in [0.1, 0.15) is 0 Å². The third-order valence-electron chi connectivity index (χ3n) is 5.74. The summed E-state index contributed by atoms with van der Waals surface area (Å²) in [6.45, 7) is 8.08. The zero-order valence-electron chi connectivity index (χ0n) is 15.7. The number of hydrogen-bond donors (Lipinski definition) is 1. The van der Waals surface area contributed by atoms with Crippen LogP contribution in [0, 0.1) is 0 Å². The predicted octanol–water partition coefficient (Wildman–Crippen LogP) is 3.31. The second-order valence-corrected chi connectivity index (χ2v) is 7.80. The van der Waals surface area contributed by atoms with E-state index in [1.54, 1.807) is 0 Å². The molecule has 0 amide bonds. The monoisotopic (exact) mass is 379 g/mol. The first-order chi connectivity index (χ1) is 12.6. The molecule has 0 bridgehead atoms. The molecule has 6 heteroatoms. The molecule has 0 aromatic heterocycles. The first-order valence-corrected chi connectivity index (χ1v) is 10.2. The molecule has 0 unspecified atom stereocenters. The Kier molecular flexibility index (Phi) is 6.79. The molecule has 2 saturated heterocycles. The Hall–Kier alpha value is -1.30. The van der Waals surface area contributed by atoms with Gasteiger partial charge in [-0.1, -0.05) is 24.6 Å². The third kappa shape index (κ3) is 4.70. The summed E-state index contributed by atoms with van der Waals surface area (Å²) in [5.74, 6) is -0.736. The van der Waals surface area contributed by atoms with Gasteiger partial charge < -0.3 is 10.0 Å². The standard InChI is InChI=1S/C20H30ClN3O2/c1-2-23(15-20(25)26)16-8-12-22(13-9-16)14-17-18(21)6-5-7-19(17)24-10-3-4-11-24/h5-7,16H,2-4,8-15H2,1H3,(H,25,26). The lowest BCUT2D eigenvalue weighted by atomic mass is 10.0. The Labute approximate surface area is 161 Å². The van der Waals surface area contributed by atoms with Gasteiger partial charge in [0.15, 0.2) is 0 Å². The fourth-order valence-corrected chi connectivity index (χ4v) is 4.53. The van der Waals surface area contributed by atoms with E-state index >= 15 is 0 Å². The van der Waals surface area contributed by atoms with Gasteiger partial charge in [0.25, 0.3) is 0 Å². The Bertz CT molecular complexity index is 611. The zero-order valence-corrected chi connectivity index (χ0v) is 16.4. The highest BCUT2D eigenvalue weighted by Crippen LogP contribution is 2.32. The number of nitrogens with zero attached hydrogens (tertiary/aromatic N) is 3. The fraction of sp³-hybridized carbons (Fsp3) is 0.650. The van der Waals surface area contributed by atoms with Crippen molar-refractivity contribution in [1.82, 2.24) is 9.80 Å². The highest BCUT2D eigenvalue weighted by Gasteiger charge is 2.26. The van der Waals surface area contributed by atoms with Crippen molar-refractivity contribution in [1.29, 1.82) is 0 Å². The minimum absolute atomic E-state index is 0.144. The normalized spacial score (nSPS) is 19.4. The van der Waals surface area contributed by atoms with Crippen LogP contribution in [0.5, 0.6) is 0 Å². The van der Waals surface area contributed by atoms with E-state index in [0.717, 1.165) is 57.1 Å². The van der Waals surface area contributed by atoms with Gasteiger partial charge in [0.05, 0.1) is 6.54 Å². The van der Waals surface area contributed by atoms with E-state index in [1.165, 1.54) is 24.1 Å². The van der Waals surface area contributed by atoms with E-state index in [0.29, 0.717) is 6.04 Å². The quantitative estimate of drug-likeness (QED) is 0.787. The molecule has 26 heavy (non-hydrogen) atoms. The smallest absolute Gasteiger partial charge is 0.317 e. The van der Waals surface area contributed by atoms with Crippen LogP contribution in [0.2, 0.25) is 5.02 Å². The molecule has 0 atom stereocenters. The minimum Gasteiger partial charge on any atom is -0.480 e. The molecular formula is C20H30ClN3O2. The Balaban J connectivity index is 1.62. The van der Waals surface area contributed by atoms with E-state index < -0.39 is 5.97 Å². The SMILES string of the molecule is CCN(CC(=O)O)C1CCN(Cc2c(Cl)cccc2N2CCCC2)CC1. The van der Waals surface area contributed by atoms with Crippen molar-refractivity contribution < 1.29 is 9.90 Å². The van der Waals surface area contributed by atoms with Crippen molar-refractivity contribution in [2.45, 2.75) is 45.2 Å². The van der Waals surface area contributed by atoms with Gasteiger partial charge in [0, 0.05) is 41.9 Å². The van der Waals surface area contributed by atoms with E-state index in [4.69, 9.17) is 16.7 Å². The topological polar surface area (TPSA) is 47.0 Å². The van der Waals surface area contributed by atoms with E-state index in [1.807, 2.05) is 13.0 Å². The summed E-state index contributed by atoms with van der Waals surface area (Å²) < 4.78 is 0. The van der Waals surface area contributed by atoms with Crippen LogP contribution >= 0.6 is 11.6 Å². The maximum atomic E-state index is 11.0. The average Bonchev–Trinajstić information content (AvgIpc) is 3.16. The predicted molar refractivity (Wildman–Crippen MR) is 106 cm³/mol. The van der Waals surface area contributed by atoms with Gasteiger partial charge in [-0.3, -0.25) is 14.6 Å². The molecule has 2 aliphatic rings. The molecule has 0 spiro atoms. The van der Waals surface area contributed by atoms with Gasteiger partial charge >= 0.3 is 5.97 Å². The van der Waals surface area contributed by atoms with Gasteiger partial charge in [0.2, 0.25) is 0 Å². The van der Waals surface area contributed by atoms with Crippen LogP contribution in [0.25, 0.3) is 0 Å². The van der Waals surface area contributed by atoms with Crippen LogP contribution in [0.3, 0.4) is 0 Å². The number of carboxylic acid groups (broad SMARTS) is 1. The fourth-order valence-electron chi connectivity index (χ4n) is 4.30. The summed E-state index contributed by atoms with van der Waals surface area (Å²) >= 11 is 6.56. The molecule has 0 aliphatic carbocycles. The average molecular weight is 380 g/mol. The number of halogens is 1. The summed E-state index contributed by atoms with van der Waals surface area (Å²) in [5, 5.41) is 9.94. The number of likely N-dealkylation sites (tertiary alicyclic amines) is 1. The molecule has 144 valence electrons. The molecule has 0 saturated carbocycles. The molecule has 1 aromatic rings. The van der Waals surface area contributed by atoms with E-state index in [9.17, 15) is 4.79 Å². The van der Waals surface area contributed by atoms with Crippen molar-refractivity contribution in [2.75, 3.05) is 44.2 Å². The highest BCUT2D eigenvalue weighted by molar-refractivity contribution is 6.31. The van der Waals surface area contributed by atoms with Crippen LogP contribution in [-0.2, 0) is 11.3 Å². The number of carboxylic acids is 1. The second-order valence-electron chi connectivity index (χ2n) is 7.40. The number of rotatable bonds is 7. The van der Waals surface area contributed by atoms with Crippen molar-refractivity contribution >= 4 is 23.3 Å². The maximum Gasteiger partial charge on any atom is 0.317 e. The number of hydrogen-bond acceptors (Lipinski definition) is 4. The van der Waals surface area contributed by atoms with Gasteiger partial charge in [-0.05, 0) is 57.5 Å². The number of carbonyl (C=O) groups is 1. The molecule has 0 radical (unpaired) electrons. The number of piperidine rings is 1. The van der Waals surface area contributed by atoms with Crippen LogP contribution < -0.4 is 4.90 Å². The van der Waals surface area contributed by atoms with Crippen LogP contribution in [-0.4, -0.2) is 66.2 Å². The largest absolute Gasteiger partial charge is 0.480 e. The molecule has 2 aliphatic heterocycles. The van der Waals surface area contributed by atoms with Crippen LogP contribution in [0.1, 0.15) is 38.2 Å².